The predicted octanol–water partition coefficient (Wildman–Crippen LogP) is 3.50. The van der Waals surface area contributed by atoms with Gasteiger partial charge >= 0.3 is 0 Å². The third-order valence-corrected chi connectivity index (χ3v) is 5.16. The molecule has 6 nitrogen and oxygen atoms in total. The van der Waals surface area contributed by atoms with Crippen LogP contribution >= 0.6 is 0 Å². The molecule has 0 saturated carbocycles. The van der Waals surface area contributed by atoms with Crippen LogP contribution in [0, 0.1) is 0 Å². The number of ether oxygens (including phenoxy) is 1. The van der Waals surface area contributed by atoms with Gasteiger partial charge in [-0.05, 0) is 37.4 Å². The number of amides is 1. The summed E-state index contributed by atoms with van der Waals surface area (Å²) in [5, 5.41) is 10.4. The van der Waals surface area contributed by atoms with Gasteiger partial charge in [0, 0.05) is 19.5 Å². The third kappa shape index (κ3) is 4.71. The Morgan fingerprint density at radius 1 is 1.10 bits per heavy atom. The van der Waals surface area contributed by atoms with Gasteiger partial charge in [0.15, 0.2) is 11.5 Å². The van der Waals surface area contributed by atoms with E-state index in [2.05, 4.69) is 0 Å². The van der Waals surface area contributed by atoms with E-state index in [0.717, 1.165) is 11.1 Å². The van der Waals surface area contributed by atoms with Crippen LogP contribution in [0.2, 0.25) is 0 Å². The molecule has 1 aliphatic rings. The first-order valence-electron chi connectivity index (χ1n) is 10.1. The van der Waals surface area contributed by atoms with Gasteiger partial charge in [-0.1, -0.05) is 49.4 Å². The fourth-order valence-corrected chi connectivity index (χ4v) is 3.50. The summed E-state index contributed by atoms with van der Waals surface area (Å²) >= 11 is 0. The largest absolute Gasteiger partial charge is 0.503 e. The Kier molecular flexibility index (Phi) is 6.90. The Hall–Kier alpha value is -3.12. The van der Waals surface area contributed by atoms with E-state index >= 15 is 0 Å². The van der Waals surface area contributed by atoms with E-state index in [4.69, 9.17) is 4.74 Å². The summed E-state index contributed by atoms with van der Waals surface area (Å²) in [6.07, 6.45) is 0.225. The highest BCUT2D eigenvalue weighted by Crippen LogP contribution is 2.38. The number of nitrogens with zero attached hydrogens (tertiary/aromatic N) is 2. The van der Waals surface area contributed by atoms with Crippen LogP contribution in [0.15, 0.2) is 65.9 Å². The summed E-state index contributed by atoms with van der Waals surface area (Å²) in [7, 11) is 3.83. The van der Waals surface area contributed by atoms with Crippen molar-refractivity contribution in [1.29, 1.82) is 0 Å². The van der Waals surface area contributed by atoms with Crippen molar-refractivity contribution < 1.29 is 19.4 Å². The molecular weight excluding hydrogens is 380 g/mol. The van der Waals surface area contributed by atoms with Crippen molar-refractivity contribution in [3.05, 3.63) is 77.1 Å². The first kappa shape index (κ1) is 21.6. The SMILES string of the molecule is CCC(=O)C1=C(O)C(=O)N(CCN(C)C)C1c1ccc(OCc2ccccc2)cc1. The number of rotatable bonds is 9. The van der Waals surface area contributed by atoms with Crippen LogP contribution in [-0.4, -0.2) is 53.8 Å². The van der Waals surface area contributed by atoms with Crippen molar-refractivity contribution in [3.8, 4) is 5.75 Å². The quantitative estimate of drug-likeness (QED) is 0.688. The van der Waals surface area contributed by atoms with Crippen LogP contribution in [0.1, 0.15) is 30.5 Å². The number of hydrogen-bond acceptors (Lipinski definition) is 5. The Morgan fingerprint density at radius 3 is 2.37 bits per heavy atom. The van der Waals surface area contributed by atoms with Gasteiger partial charge in [-0.2, -0.15) is 0 Å². The summed E-state index contributed by atoms with van der Waals surface area (Å²) < 4.78 is 5.84. The van der Waals surface area contributed by atoms with E-state index in [-0.39, 0.29) is 17.8 Å². The summed E-state index contributed by atoms with van der Waals surface area (Å²) in [5.74, 6) is -0.455. The van der Waals surface area contributed by atoms with Crippen LogP contribution in [0.25, 0.3) is 0 Å². The average Bonchev–Trinajstić information content (AvgIpc) is 3.01. The molecular formula is C24H28N2O4. The zero-order chi connectivity index (χ0) is 21.7. The first-order valence-corrected chi connectivity index (χ1v) is 10.1. The monoisotopic (exact) mass is 408 g/mol. The number of aliphatic hydroxyl groups excluding tert-OH is 1. The summed E-state index contributed by atoms with van der Waals surface area (Å²) in [4.78, 5) is 28.7. The molecule has 2 aromatic rings. The van der Waals surface area contributed by atoms with E-state index < -0.39 is 17.7 Å². The molecule has 0 saturated heterocycles. The maximum absolute atomic E-state index is 12.7. The molecule has 6 heteroatoms. The van der Waals surface area contributed by atoms with Gasteiger partial charge in [-0.3, -0.25) is 9.59 Å². The first-order chi connectivity index (χ1) is 14.4. The zero-order valence-corrected chi connectivity index (χ0v) is 17.7. The molecule has 1 unspecified atom stereocenters. The van der Waals surface area contributed by atoms with E-state index in [1.807, 2.05) is 73.6 Å². The van der Waals surface area contributed by atoms with Gasteiger partial charge in [-0.15, -0.1) is 0 Å². The van der Waals surface area contributed by atoms with Gasteiger partial charge < -0.3 is 19.6 Å². The Balaban J connectivity index is 1.83. The maximum atomic E-state index is 12.7. The molecule has 1 amide bonds. The van der Waals surface area contributed by atoms with Gasteiger partial charge in [-0.25, -0.2) is 0 Å². The minimum absolute atomic E-state index is 0.180. The second kappa shape index (κ2) is 9.59. The number of carbonyl (C=O) groups excluding carboxylic acids is 2. The smallest absolute Gasteiger partial charge is 0.290 e. The summed E-state index contributed by atoms with van der Waals surface area (Å²) in [5.41, 5.74) is 2.02. The molecule has 0 fully saturated rings. The highest BCUT2D eigenvalue weighted by atomic mass is 16.5. The second-order valence-corrected chi connectivity index (χ2v) is 7.59. The van der Waals surface area contributed by atoms with Gasteiger partial charge in [0.2, 0.25) is 0 Å². The molecule has 1 atom stereocenters. The van der Waals surface area contributed by atoms with Crippen molar-refractivity contribution in [2.45, 2.75) is 26.0 Å². The van der Waals surface area contributed by atoms with Crippen molar-refractivity contribution in [2.24, 2.45) is 0 Å². The summed E-state index contributed by atoms with van der Waals surface area (Å²) in [6.45, 7) is 3.22. The summed E-state index contributed by atoms with van der Waals surface area (Å²) in [6, 6.07) is 16.7. The molecule has 3 rings (SSSR count). The highest BCUT2D eigenvalue weighted by molar-refractivity contribution is 6.08. The van der Waals surface area contributed by atoms with Crippen LogP contribution in [0.4, 0.5) is 0 Å². The average molecular weight is 408 g/mol. The number of likely N-dealkylation sites (N-methyl/N-ethyl adjacent to an activating group) is 1. The zero-order valence-electron chi connectivity index (χ0n) is 17.7. The topological polar surface area (TPSA) is 70.1 Å². The molecule has 2 aromatic carbocycles. The van der Waals surface area contributed by atoms with Crippen LogP contribution in [-0.2, 0) is 16.2 Å². The lowest BCUT2D eigenvalue weighted by molar-refractivity contribution is -0.129. The van der Waals surface area contributed by atoms with Crippen molar-refractivity contribution in [3.63, 3.8) is 0 Å². The lowest BCUT2D eigenvalue weighted by Crippen LogP contribution is -2.36. The van der Waals surface area contributed by atoms with Crippen LogP contribution in [0.5, 0.6) is 5.75 Å². The lowest BCUT2D eigenvalue weighted by Gasteiger charge is -2.28. The molecule has 1 aliphatic heterocycles. The third-order valence-electron chi connectivity index (χ3n) is 5.16. The number of ketones is 1. The molecule has 30 heavy (non-hydrogen) atoms. The molecule has 0 radical (unpaired) electrons. The number of Topliss-reactive ketones (excluding diaryl/α,β-unsaturated/α-hetero) is 1. The fourth-order valence-electron chi connectivity index (χ4n) is 3.50. The van der Waals surface area contributed by atoms with E-state index in [0.29, 0.717) is 25.4 Å². The molecule has 0 bridgehead atoms. The van der Waals surface area contributed by atoms with Crippen molar-refractivity contribution >= 4 is 11.7 Å². The van der Waals surface area contributed by atoms with Crippen molar-refractivity contribution in [1.82, 2.24) is 9.80 Å². The van der Waals surface area contributed by atoms with E-state index in [1.54, 1.807) is 11.8 Å². The number of carbonyl (C=O) groups is 2. The molecule has 158 valence electrons. The Labute approximate surface area is 177 Å². The Morgan fingerprint density at radius 2 is 1.77 bits per heavy atom. The number of hydrogen-bond donors (Lipinski definition) is 1. The van der Waals surface area contributed by atoms with Gasteiger partial charge in [0.1, 0.15) is 12.4 Å². The molecule has 0 aliphatic carbocycles. The molecule has 1 N–H and O–H groups in total. The van der Waals surface area contributed by atoms with Gasteiger partial charge in [0.05, 0.1) is 11.6 Å². The van der Waals surface area contributed by atoms with E-state index in [9.17, 15) is 14.7 Å². The minimum atomic E-state index is -0.590. The maximum Gasteiger partial charge on any atom is 0.290 e. The lowest BCUT2D eigenvalue weighted by atomic mass is 9.95. The van der Waals surface area contributed by atoms with Gasteiger partial charge in [0.25, 0.3) is 5.91 Å². The Bertz CT molecular complexity index is 920. The van der Waals surface area contributed by atoms with E-state index in [1.165, 1.54) is 0 Å². The standard InChI is InChI=1S/C24H28N2O4/c1-4-20(27)21-22(26(15-14-25(2)3)24(29)23(21)28)18-10-12-19(13-11-18)30-16-17-8-6-5-7-9-17/h5-13,22,28H,4,14-16H2,1-3H3. The highest BCUT2D eigenvalue weighted by Gasteiger charge is 2.42. The fraction of sp³-hybridized carbons (Fsp3) is 0.333. The molecule has 0 aromatic heterocycles. The molecule has 0 spiro atoms. The normalized spacial score (nSPS) is 16.5. The number of aliphatic hydroxyl groups is 1. The second-order valence-electron chi connectivity index (χ2n) is 7.59. The van der Waals surface area contributed by atoms with Crippen LogP contribution in [0.3, 0.4) is 0 Å². The molecule has 1 heterocycles. The number of benzene rings is 2. The minimum Gasteiger partial charge on any atom is -0.503 e. The predicted molar refractivity (Wildman–Crippen MR) is 115 cm³/mol. The van der Waals surface area contributed by atoms with Crippen LogP contribution < -0.4 is 4.74 Å². The van der Waals surface area contributed by atoms with Crippen molar-refractivity contribution in [2.75, 3.05) is 27.2 Å².